The lowest BCUT2D eigenvalue weighted by atomic mass is 9.93. The summed E-state index contributed by atoms with van der Waals surface area (Å²) in [6.07, 6.45) is 3.60. The standard InChI is InChI=1S/C13H9BrClN/c14-11-6-4-9(5-7-11)13-10(8-16)2-1-3-12(13)15/h3-7H,1-2H2. The number of hydrogen-bond donors (Lipinski definition) is 0. The molecule has 0 unspecified atom stereocenters. The largest absolute Gasteiger partial charge is 0.193 e. The van der Waals surface area contributed by atoms with Gasteiger partial charge in [0.25, 0.3) is 0 Å². The molecule has 3 heteroatoms. The average Bonchev–Trinajstić information content (AvgIpc) is 2.30. The van der Waals surface area contributed by atoms with Gasteiger partial charge in [0.1, 0.15) is 0 Å². The van der Waals surface area contributed by atoms with Crippen LogP contribution >= 0.6 is 27.5 Å². The van der Waals surface area contributed by atoms with Crippen molar-refractivity contribution in [3.8, 4) is 6.07 Å². The Kier molecular flexibility index (Phi) is 3.48. The van der Waals surface area contributed by atoms with Crippen molar-refractivity contribution in [2.45, 2.75) is 12.8 Å². The zero-order chi connectivity index (χ0) is 11.5. The molecule has 1 aromatic rings. The molecule has 0 amide bonds. The van der Waals surface area contributed by atoms with Gasteiger partial charge in [0, 0.05) is 20.7 Å². The van der Waals surface area contributed by atoms with Crippen molar-refractivity contribution in [1.82, 2.24) is 0 Å². The topological polar surface area (TPSA) is 23.8 Å². The summed E-state index contributed by atoms with van der Waals surface area (Å²) in [7, 11) is 0. The van der Waals surface area contributed by atoms with Crippen molar-refractivity contribution >= 4 is 33.1 Å². The third-order valence-corrected chi connectivity index (χ3v) is 3.40. The second-order valence-corrected chi connectivity index (χ2v) is 4.89. The van der Waals surface area contributed by atoms with Crippen molar-refractivity contribution in [3.63, 3.8) is 0 Å². The Bertz CT molecular complexity index is 506. The van der Waals surface area contributed by atoms with Gasteiger partial charge in [-0.05, 0) is 30.5 Å². The van der Waals surface area contributed by atoms with Crippen molar-refractivity contribution in [3.05, 3.63) is 51.0 Å². The molecule has 0 fully saturated rings. The van der Waals surface area contributed by atoms with Crippen LogP contribution in [0.3, 0.4) is 0 Å². The van der Waals surface area contributed by atoms with E-state index in [0.717, 1.165) is 34.0 Å². The quantitative estimate of drug-likeness (QED) is 0.740. The van der Waals surface area contributed by atoms with Crippen LogP contribution in [0.2, 0.25) is 0 Å². The van der Waals surface area contributed by atoms with Crippen LogP contribution in [-0.4, -0.2) is 0 Å². The lowest BCUT2D eigenvalue weighted by Crippen LogP contribution is -1.96. The Balaban J connectivity index is 2.53. The van der Waals surface area contributed by atoms with Crippen LogP contribution in [0.4, 0.5) is 0 Å². The molecular weight excluding hydrogens is 286 g/mol. The Hall–Kier alpha value is -1.04. The summed E-state index contributed by atoms with van der Waals surface area (Å²) in [6, 6.07) is 10.1. The van der Waals surface area contributed by atoms with Crippen molar-refractivity contribution < 1.29 is 0 Å². The van der Waals surface area contributed by atoms with Crippen molar-refractivity contribution in [1.29, 1.82) is 5.26 Å². The highest BCUT2D eigenvalue weighted by atomic mass is 79.9. The van der Waals surface area contributed by atoms with Gasteiger partial charge >= 0.3 is 0 Å². The maximum Gasteiger partial charge on any atom is 0.0954 e. The molecule has 0 N–H and O–H groups in total. The molecule has 0 atom stereocenters. The van der Waals surface area contributed by atoms with Gasteiger partial charge in [-0.3, -0.25) is 0 Å². The van der Waals surface area contributed by atoms with Crippen molar-refractivity contribution in [2.75, 3.05) is 0 Å². The van der Waals surface area contributed by atoms with Crippen LogP contribution < -0.4 is 0 Å². The van der Waals surface area contributed by atoms with Crippen LogP contribution in [0.25, 0.3) is 5.57 Å². The van der Waals surface area contributed by atoms with Crippen molar-refractivity contribution in [2.24, 2.45) is 0 Å². The van der Waals surface area contributed by atoms with E-state index in [1.165, 1.54) is 0 Å². The van der Waals surface area contributed by atoms with E-state index in [4.69, 9.17) is 16.9 Å². The normalized spacial score (nSPS) is 15.7. The Morgan fingerprint density at radius 1 is 1.25 bits per heavy atom. The SMILES string of the molecule is N#CC1=C(c2ccc(Br)cc2)C(Cl)=CCC1. The third-order valence-electron chi connectivity index (χ3n) is 2.53. The maximum atomic E-state index is 9.09. The van der Waals surface area contributed by atoms with Crippen LogP contribution in [-0.2, 0) is 0 Å². The van der Waals surface area contributed by atoms with Gasteiger partial charge in [0.05, 0.1) is 6.07 Å². The van der Waals surface area contributed by atoms with Gasteiger partial charge in [0.2, 0.25) is 0 Å². The number of allylic oxidation sites excluding steroid dienone is 4. The fourth-order valence-electron chi connectivity index (χ4n) is 1.75. The minimum Gasteiger partial charge on any atom is -0.193 e. The molecule has 1 aliphatic carbocycles. The number of benzene rings is 1. The first-order valence-corrected chi connectivity index (χ1v) is 6.14. The van der Waals surface area contributed by atoms with E-state index in [2.05, 4.69) is 22.0 Å². The molecule has 0 bridgehead atoms. The fourth-order valence-corrected chi connectivity index (χ4v) is 2.35. The van der Waals surface area contributed by atoms with E-state index < -0.39 is 0 Å². The first-order valence-electron chi connectivity index (χ1n) is 4.97. The molecule has 2 rings (SSSR count). The van der Waals surface area contributed by atoms with Crippen LogP contribution in [0.5, 0.6) is 0 Å². The second kappa shape index (κ2) is 4.86. The first kappa shape index (κ1) is 11.4. The molecule has 0 spiro atoms. The summed E-state index contributed by atoms with van der Waals surface area (Å²) in [4.78, 5) is 0. The molecule has 0 aliphatic heterocycles. The fraction of sp³-hybridized carbons (Fsp3) is 0.154. The molecule has 1 aliphatic rings. The summed E-state index contributed by atoms with van der Waals surface area (Å²) in [6.45, 7) is 0. The molecule has 16 heavy (non-hydrogen) atoms. The minimum absolute atomic E-state index is 0.685. The second-order valence-electron chi connectivity index (χ2n) is 3.56. The zero-order valence-electron chi connectivity index (χ0n) is 8.50. The van der Waals surface area contributed by atoms with Gasteiger partial charge in [0.15, 0.2) is 0 Å². The number of nitriles is 1. The number of rotatable bonds is 1. The van der Waals surface area contributed by atoms with E-state index in [9.17, 15) is 0 Å². The molecule has 0 heterocycles. The lowest BCUT2D eigenvalue weighted by molar-refractivity contribution is 0.995. The van der Waals surface area contributed by atoms with E-state index >= 15 is 0 Å². The molecule has 0 saturated carbocycles. The third kappa shape index (κ3) is 2.21. The van der Waals surface area contributed by atoms with Crippen LogP contribution in [0, 0.1) is 11.3 Å². The molecule has 80 valence electrons. The van der Waals surface area contributed by atoms with Gasteiger partial charge in [-0.25, -0.2) is 0 Å². The monoisotopic (exact) mass is 293 g/mol. The molecule has 0 radical (unpaired) electrons. The highest BCUT2D eigenvalue weighted by Gasteiger charge is 2.16. The summed E-state index contributed by atoms with van der Waals surface area (Å²) >= 11 is 9.56. The highest BCUT2D eigenvalue weighted by Crippen LogP contribution is 2.35. The van der Waals surface area contributed by atoms with E-state index in [1.807, 2.05) is 30.3 Å². The number of halogens is 2. The molecule has 0 saturated heterocycles. The number of nitrogens with zero attached hydrogens (tertiary/aromatic N) is 1. The van der Waals surface area contributed by atoms with Crippen LogP contribution in [0.15, 0.2) is 45.4 Å². The summed E-state index contributed by atoms with van der Waals surface area (Å²) < 4.78 is 1.02. The summed E-state index contributed by atoms with van der Waals surface area (Å²) in [5, 5.41) is 9.78. The van der Waals surface area contributed by atoms with E-state index in [0.29, 0.717) is 5.03 Å². The average molecular weight is 295 g/mol. The highest BCUT2D eigenvalue weighted by molar-refractivity contribution is 9.10. The first-order chi connectivity index (χ1) is 7.72. The Morgan fingerprint density at radius 3 is 2.56 bits per heavy atom. The van der Waals surface area contributed by atoms with E-state index in [1.54, 1.807) is 0 Å². The van der Waals surface area contributed by atoms with E-state index in [-0.39, 0.29) is 0 Å². The predicted octanol–water partition coefficient (Wildman–Crippen LogP) is 4.64. The Labute approximate surface area is 108 Å². The predicted molar refractivity (Wildman–Crippen MR) is 69.8 cm³/mol. The zero-order valence-corrected chi connectivity index (χ0v) is 10.8. The van der Waals surface area contributed by atoms with Gasteiger partial charge < -0.3 is 0 Å². The summed E-state index contributed by atoms with van der Waals surface area (Å²) in [5.74, 6) is 0. The minimum atomic E-state index is 0.685. The van der Waals surface area contributed by atoms with Gasteiger partial charge in [-0.1, -0.05) is 45.7 Å². The molecular formula is C13H9BrClN. The van der Waals surface area contributed by atoms with Crippen LogP contribution in [0.1, 0.15) is 18.4 Å². The summed E-state index contributed by atoms with van der Waals surface area (Å²) in [5.41, 5.74) is 2.65. The smallest absolute Gasteiger partial charge is 0.0954 e. The number of hydrogen-bond acceptors (Lipinski definition) is 1. The molecule has 1 aromatic carbocycles. The lowest BCUT2D eigenvalue weighted by Gasteiger charge is -2.14. The molecule has 1 nitrogen and oxygen atoms in total. The molecule has 0 aromatic heterocycles. The van der Waals surface area contributed by atoms with Gasteiger partial charge in [-0.2, -0.15) is 5.26 Å². The Morgan fingerprint density at radius 2 is 1.94 bits per heavy atom. The van der Waals surface area contributed by atoms with Gasteiger partial charge in [-0.15, -0.1) is 0 Å². The maximum absolute atomic E-state index is 9.09.